The van der Waals surface area contributed by atoms with Crippen molar-refractivity contribution >= 4 is 44.4 Å². The molecule has 1 aliphatic heterocycles. The standard InChI is InChI=1S/C12H13BrINO2/c13-9-1-2-11(14)10(5-9)12(17)15-4-3-8(6-15)7-16/h1-2,5,8,16H,3-4,6-7H2. The monoisotopic (exact) mass is 409 g/mol. The molecule has 1 N–H and O–H groups in total. The van der Waals surface area contributed by atoms with Crippen LogP contribution in [0, 0.1) is 9.49 Å². The zero-order valence-corrected chi connectivity index (χ0v) is 12.9. The van der Waals surface area contributed by atoms with Crippen LogP contribution >= 0.6 is 38.5 Å². The van der Waals surface area contributed by atoms with Gasteiger partial charge in [0.05, 0.1) is 5.56 Å². The molecule has 1 unspecified atom stereocenters. The summed E-state index contributed by atoms with van der Waals surface area (Å²) in [5, 5.41) is 9.09. The first kappa shape index (κ1) is 13.3. The number of hydrogen-bond acceptors (Lipinski definition) is 2. The lowest BCUT2D eigenvalue weighted by Gasteiger charge is -2.17. The Hall–Kier alpha value is -0.140. The molecule has 1 aromatic carbocycles. The average molecular weight is 410 g/mol. The van der Waals surface area contributed by atoms with Crippen molar-refractivity contribution in [2.45, 2.75) is 6.42 Å². The Morgan fingerprint density at radius 3 is 3.00 bits per heavy atom. The fraction of sp³-hybridized carbons (Fsp3) is 0.417. The topological polar surface area (TPSA) is 40.5 Å². The predicted molar refractivity (Wildman–Crippen MR) is 78.0 cm³/mol. The van der Waals surface area contributed by atoms with E-state index in [4.69, 9.17) is 5.11 Å². The van der Waals surface area contributed by atoms with E-state index in [1.807, 2.05) is 23.1 Å². The molecular formula is C12H13BrINO2. The summed E-state index contributed by atoms with van der Waals surface area (Å²) in [6, 6.07) is 5.72. The van der Waals surface area contributed by atoms with Gasteiger partial charge in [-0.3, -0.25) is 4.79 Å². The number of likely N-dealkylation sites (tertiary alicyclic amines) is 1. The smallest absolute Gasteiger partial charge is 0.254 e. The van der Waals surface area contributed by atoms with Crippen molar-refractivity contribution in [1.82, 2.24) is 4.90 Å². The number of aliphatic hydroxyl groups is 1. The van der Waals surface area contributed by atoms with Crippen LogP contribution in [0.15, 0.2) is 22.7 Å². The molecule has 0 aromatic heterocycles. The highest BCUT2D eigenvalue weighted by atomic mass is 127. The first-order chi connectivity index (χ1) is 8.11. The molecule has 0 spiro atoms. The fourth-order valence-electron chi connectivity index (χ4n) is 2.00. The van der Waals surface area contributed by atoms with Crippen molar-refractivity contribution in [3.63, 3.8) is 0 Å². The number of rotatable bonds is 2. The SMILES string of the molecule is O=C(c1cc(Br)ccc1I)N1CCC(CO)C1. The van der Waals surface area contributed by atoms with E-state index in [-0.39, 0.29) is 18.4 Å². The summed E-state index contributed by atoms with van der Waals surface area (Å²) in [5.41, 5.74) is 0.735. The quantitative estimate of drug-likeness (QED) is 0.762. The third kappa shape index (κ3) is 3.00. The summed E-state index contributed by atoms with van der Waals surface area (Å²) in [7, 11) is 0. The Morgan fingerprint density at radius 1 is 1.59 bits per heavy atom. The number of halogens is 2. The van der Waals surface area contributed by atoms with Crippen molar-refractivity contribution in [3.8, 4) is 0 Å². The van der Waals surface area contributed by atoms with Crippen LogP contribution in [-0.4, -0.2) is 35.6 Å². The Morgan fingerprint density at radius 2 is 2.35 bits per heavy atom. The first-order valence-electron chi connectivity index (χ1n) is 5.47. The van der Waals surface area contributed by atoms with Crippen LogP contribution in [0.5, 0.6) is 0 Å². The van der Waals surface area contributed by atoms with Gasteiger partial charge in [-0.15, -0.1) is 0 Å². The predicted octanol–water partition coefficient (Wildman–Crippen LogP) is 2.51. The molecule has 1 aliphatic rings. The first-order valence-corrected chi connectivity index (χ1v) is 7.34. The van der Waals surface area contributed by atoms with E-state index >= 15 is 0 Å². The zero-order valence-electron chi connectivity index (χ0n) is 9.20. The molecule has 2 rings (SSSR count). The number of hydrogen-bond donors (Lipinski definition) is 1. The van der Waals surface area contributed by atoms with Crippen molar-refractivity contribution < 1.29 is 9.90 Å². The summed E-state index contributed by atoms with van der Waals surface area (Å²) in [6.07, 6.45) is 0.896. The third-order valence-electron chi connectivity index (χ3n) is 2.99. The summed E-state index contributed by atoms with van der Waals surface area (Å²) >= 11 is 5.56. The molecule has 5 heteroatoms. The lowest BCUT2D eigenvalue weighted by atomic mass is 10.1. The Labute approximate surface area is 122 Å². The van der Waals surface area contributed by atoms with E-state index in [2.05, 4.69) is 38.5 Å². The largest absolute Gasteiger partial charge is 0.396 e. The van der Waals surface area contributed by atoms with Gasteiger partial charge in [0.25, 0.3) is 5.91 Å². The van der Waals surface area contributed by atoms with E-state index < -0.39 is 0 Å². The summed E-state index contributed by atoms with van der Waals surface area (Å²) in [5.74, 6) is 0.301. The Kier molecular flexibility index (Phi) is 4.43. The second kappa shape index (κ2) is 5.67. The van der Waals surface area contributed by atoms with Gasteiger partial charge >= 0.3 is 0 Å². The molecule has 0 saturated carbocycles. The van der Waals surface area contributed by atoms with Crippen LogP contribution < -0.4 is 0 Å². The maximum absolute atomic E-state index is 12.3. The van der Waals surface area contributed by atoms with E-state index in [0.717, 1.165) is 26.6 Å². The number of benzene rings is 1. The number of amides is 1. The third-order valence-corrected chi connectivity index (χ3v) is 4.42. The molecule has 1 fully saturated rings. The van der Waals surface area contributed by atoms with E-state index in [1.54, 1.807) is 0 Å². The second-order valence-electron chi connectivity index (χ2n) is 4.21. The molecule has 1 heterocycles. The lowest BCUT2D eigenvalue weighted by Crippen LogP contribution is -2.29. The van der Waals surface area contributed by atoms with Gasteiger partial charge in [0.2, 0.25) is 0 Å². The van der Waals surface area contributed by atoms with Crippen LogP contribution in [0.3, 0.4) is 0 Å². The van der Waals surface area contributed by atoms with Gasteiger partial charge < -0.3 is 10.0 Å². The normalized spacial score (nSPS) is 19.7. The number of nitrogens with zero attached hydrogens (tertiary/aromatic N) is 1. The van der Waals surface area contributed by atoms with Crippen LogP contribution in [0.4, 0.5) is 0 Å². The molecule has 17 heavy (non-hydrogen) atoms. The fourth-order valence-corrected chi connectivity index (χ4v) is 2.93. The van der Waals surface area contributed by atoms with Crippen LogP contribution in [0.25, 0.3) is 0 Å². The number of carbonyl (C=O) groups is 1. The maximum atomic E-state index is 12.3. The van der Waals surface area contributed by atoms with Gasteiger partial charge in [0, 0.05) is 33.7 Å². The molecule has 1 atom stereocenters. The Bertz CT molecular complexity index is 439. The van der Waals surface area contributed by atoms with Crippen LogP contribution in [0.1, 0.15) is 16.8 Å². The van der Waals surface area contributed by atoms with Gasteiger partial charge in [0.15, 0.2) is 0 Å². The highest BCUT2D eigenvalue weighted by Crippen LogP contribution is 2.23. The summed E-state index contributed by atoms with van der Waals surface area (Å²) in [6.45, 7) is 1.57. The second-order valence-corrected chi connectivity index (χ2v) is 6.29. The summed E-state index contributed by atoms with van der Waals surface area (Å²) in [4.78, 5) is 14.1. The van der Waals surface area contributed by atoms with E-state index in [1.165, 1.54) is 0 Å². The minimum absolute atomic E-state index is 0.0617. The van der Waals surface area contributed by atoms with Crippen molar-refractivity contribution in [2.24, 2.45) is 5.92 Å². The average Bonchev–Trinajstić information content (AvgIpc) is 2.80. The number of carbonyl (C=O) groups excluding carboxylic acids is 1. The highest BCUT2D eigenvalue weighted by molar-refractivity contribution is 14.1. The van der Waals surface area contributed by atoms with Crippen molar-refractivity contribution in [2.75, 3.05) is 19.7 Å². The molecule has 92 valence electrons. The van der Waals surface area contributed by atoms with Gasteiger partial charge in [-0.25, -0.2) is 0 Å². The van der Waals surface area contributed by atoms with Gasteiger partial charge in [0.1, 0.15) is 0 Å². The molecule has 3 nitrogen and oxygen atoms in total. The highest BCUT2D eigenvalue weighted by Gasteiger charge is 2.27. The van der Waals surface area contributed by atoms with Gasteiger partial charge in [-0.2, -0.15) is 0 Å². The summed E-state index contributed by atoms with van der Waals surface area (Å²) < 4.78 is 1.88. The van der Waals surface area contributed by atoms with Gasteiger partial charge in [-0.05, 0) is 47.2 Å². The van der Waals surface area contributed by atoms with E-state index in [9.17, 15) is 4.79 Å². The molecule has 1 aromatic rings. The molecule has 0 radical (unpaired) electrons. The molecule has 1 saturated heterocycles. The van der Waals surface area contributed by atoms with Crippen LogP contribution in [-0.2, 0) is 0 Å². The zero-order chi connectivity index (χ0) is 12.4. The Balaban J connectivity index is 2.17. The van der Waals surface area contributed by atoms with Crippen molar-refractivity contribution in [3.05, 3.63) is 31.8 Å². The molecule has 1 amide bonds. The minimum atomic E-state index is 0.0617. The molecular weight excluding hydrogens is 397 g/mol. The van der Waals surface area contributed by atoms with Crippen molar-refractivity contribution in [1.29, 1.82) is 0 Å². The molecule has 0 aliphatic carbocycles. The maximum Gasteiger partial charge on any atom is 0.254 e. The molecule has 0 bridgehead atoms. The van der Waals surface area contributed by atoms with Crippen LogP contribution in [0.2, 0.25) is 0 Å². The minimum Gasteiger partial charge on any atom is -0.396 e. The van der Waals surface area contributed by atoms with E-state index in [0.29, 0.717) is 6.54 Å². The van der Waals surface area contributed by atoms with Gasteiger partial charge in [-0.1, -0.05) is 15.9 Å². The number of aliphatic hydroxyl groups excluding tert-OH is 1. The lowest BCUT2D eigenvalue weighted by molar-refractivity contribution is 0.0781.